The smallest absolute Gasteiger partial charge is 0.231 e. The van der Waals surface area contributed by atoms with E-state index in [0.717, 1.165) is 0 Å². The minimum Gasteiger partial charge on any atom is -0.296 e. The van der Waals surface area contributed by atoms with E-state index in [9.17, 15) is 9.59 Å². The highest BCUT2D eigenvalue weighted by Gasteiger charge is 2.64. The Bertz CT molecular complexity index is 1360. The molecule has 0 spiro atoms. The molecule has 2 amide bonds. The molecule has 4 aromatic carbocycles. The molecule has 144 valence electrons. The zero-order valence-electron chi connectivity index (χ0n) is 16.5. The summed E-state index contributed by atoms with van der Waals surface area (Å²) >= 11 is 0. The molecule has 1 aliphatic heterocycles. The maximum atomic E-state index is 13.0. The van der Waals surface area contributed by atoms with Crippen molar-refractivity contribution in [3.63, 3.8) is 0 Å². The van der Waals surface area contributed by atoms with Crippen molar-refractivity contribution >= 4 is 33.4 Å². The Morgan fingerprint density at radius 3 is 1.67 bits per heavy atom. The van der Waals surface area contributed by atoms with Crippen LogP contribution in [-0.2, 0) is 15.0 Å². The molecule has 1 fully saturated rings. The van der Waals surface area contributed by atoms with Gasteiger partial charge in [0, 0.05) is 11.3 Å². The fourth-order valence-electron chi connectivity index (χ4n) is 6.53. The van der Waals surface area contributed by atoms with Crippen LogP contribution in [0.3, 0.4) is 0 Å². The van der Waals surface area contributed by atoms with Crippen molar-refractivity contribution in [3.8, 4) is 0 Å². The van der Waals surface area contributed by atoms with Gasteiger partial charge in [0.1, 0.15) is 0 Å². The highest BCUT2D eigenvalue weighted by molar-refractivity contribution is 6.09. The van der Waals surface area contributed by atoms with Gasteiger partial charge in [0.15, 0.2) is 0 Å². The molecule has 1 saturated heterocycles. The third-order valence-electron chi connectivity index (χ3n) is 7.80. The Kier molecular flexibility index (Phi) is 2.82. The molecular formula is C27H19NO2. The summed E-state index contributed by atoms with van der Waals surface area (Å²) in [6.07, 6.45) is 0. The fourth-order valence-corrected chi connectivity index (χ4v) is 6.53. The van der Waals surface area contributed by atoms with E-state index in [2.05, 4.69) is 60.8 Å². The van der Waals surface area contributed by atoms with Crippen molar-refractivity contribution < 1.29 is 9.59 Å². The van der Waals surface area contributed by atoms with Gasteiger partial charge >= 0.3 is 0 Å². The first-order valence-corrected chi connectivity index (χ1v) is 10.5. The zero-order valence-corrected chi connectivity index (χ0v) is 16.5. The number of amides is 2. The molecule has 1 N–H and O–H groups in total. The molecule has 3 nitrogen and oxygen atoms in total. The largest absolute Gasteiger partial charge is 0.296 e. The number of hydrogen-bond donors (Lipinski definition) is 1. The summed E-state index contributed by atoms with van der Waals surface area (Å²) in [5, 5.41) is 7.36. The molecule has 4 aromatic rings. The SMILES string of the molecule is CC12c3cc4ccccc4cc3C(c3cc4ccccc4cc31)C1C(=O)NC(=O)C12. The first-order valence-electron chi connectivity index (χ1n) is 10.5. The van der Waals surface area contributed by atoms with Gasteiger partial charge in [0.2, 0.25) is 11.8 Å². The van der Waals surface area contributed by atoms with Crippen LogP contribution in [0.1, 0.15) is 35.1 Å². The molecule has 4 aliphatic rings. The van der Waals surface area contributed by atoms with Crippen LogP contribution in [0.5, 0.6) is 0 Å². The van der Waals surface area contributed by atoms with Gasteiger partial charge in [-0.2, -0.15) is 0 Å². The van der Waals surface area contributed by atoms with E-state index in [0.29, 0.717) is 0 Å². The number of carbonyl (C=O) groups excluding carboxylic acids is 2. The van der Waals surface area contributed by atoms with Crippen LogP contribution in [0.15, 0.2) is 72.8 Å². The quantitative estimate of drug-likeness (QED) is 0.445. The second-order valence-corrected chi connectivity index (χ2v) is 9.11. The second kappa shape index (κ2) is 5.17. The predicted molar refractivity (Wildman–Crippen MR) is 116 cm³/mol. The van der Waals surface area contributed by atoms with E-state index in [1.165, 1.54) is 43.8 Å². The van der Waals surface area contributed by atoms with Crippen molar-refractivity contribution in [1.29, 1.82) is 0 Å². The van der Waals surface area contributed by atoms with Crippen LogP contribution < -0.4 is 5.32 Å². The minimum absolute atomic E-state index is 0.0949. The lowest BCUT2D eigenvalue weighted by atomic mass is 9.47. The van der Waals surface area contributed by atoms with E-state index in [4.69, 9.17) is 0 Å². The summed E-state index contributed by atoms with van der Waals surface area (Å²) in [6, 6.07) is 25.7. The summed E-state index contributed by atoms with van der Waals surface area (Å²) in [4.78, 5) is 26.0. The van der Waals surface area contributed by atoms with E-state index >= 15 is 0 Å². The summed E-state index contributed by atoms with van der Waals surface area (Å²) in [5.41, 5.74) is 4.25. The Morgan fingerprint density at radius 2 is 1.17 bits per heavy atom. The number of nitrogens with one attached hydrogen (secondary N) is 1. The third-order valence-corrected chi connectivity index (χ3v) is 7.80. The fraction of sp³-hybridized carbons (Fsp3) is 0.185. The Balaban J connectivity index is 1.65. The van der Waals surface area contributed by atoms with Gasteiger partial charge in [0.05, 0.1) is 11.8 Å². The number of imide groups is 1. The first kappa shape index (κ1) is 16.3. The van der Waals surface area contributed by atoms with Crippen LogP contribution in [0.25, 0.3) is 21.5 Å². The molecule has 2 bridgehead atoms. The lowest BCUT2D eigenvalue weighted by molar-refractivity contribution is -0.126. The molecule has 30 heavy (non-hydrogen) atoms. The van der Waals surface area contributed by atoms with E-state index in [1.54, 1.807) is 0 Å². The molecule has 3 heteroatoms. The van der Waals surface area contributed by atoms with E-state index in [-0.39, 0.29) is 29.6 Å². The molecule has 1 heterocycles. The maximum absolute atomic E-state index is 13.0. The van der Waals surface area contributed by atoms with Crippen LogP contribution >= 0.6 is 0 Å². The molecule has 0 saturated carbocycles. The highest BCUT2D eigenvalue weighted by Crippen LogP contribution is 2.63. The van der Waals surface area contributed by atoms with Crippen molar-refractivity contribution in [2.24, 2.45) is 11.8 Å². The van der Waals surface area contributed by atoms with E-state index < -0.39 is 5.41 Å². The number of benzene rings is 4. The standard InChI is InChI=1S/C27H19NO2/c1-27-20-12-16-8-4-2-6-14(16)10-18(20)22(23-24(27)26(30)28-25(23)29)19-11-15-7-3-5-9-17(15)13-21(19)27/h2-13,22-24H,1H3,(H,28,29,30). The molecule has 0 radical (unpaired) electrons. The number of hydrogen-bond acceptors (Lipinski definition) is 2. The van der Waals surface area contributed by atoms with Crippen LogP contribution in [0.2, 0.25) is 0 Å². The number of carbonyl (C=O) groups is 2. The van der Waals surface area contributed by atoms with Crippen molar-refractivity contribution in [3.05, 3.63) is 95.1 Å². The lowest BCUT2D eigenvalue weighted by Crippen LogP contribution is -2.51. The topological polar surface area (TPSA) is 46.2 Å². The Morgan fingerprint density at radius 1 is 0.700 bits per heavy atom. The first-order chi connectivity index (χ1) is 14.6. The zero-order chi connectivity index (χ0) is 20.2. The van der Waals surface area contributed by atoms with Crippen LogP contribution in [-0.4, -0.2) is 11.8 Å². The van der Waals surface area contributed by atoms with Crippen LogP contribution in [0, 0.1) is 11.8 Å². The summed E-state index contributed by atoms with van der Waals surface area (Å²) in [7, 11) is 0. The molecule has 3 aliphatic carbocycles. The monoisotopic (exact) mass is 389 g/mol. The van der Waals surface area contributed by atoms with Gasteiger partial charge < -0.3 is 0 Å². The molecule has 2 atom stereocenters. The second-order valence-electron chi connectivity index (χ2n) is 9.11. The Hall–Kier alpha value is -3.46. The molecule has 8 rings (SSSR count). The number of rotatable bonds is 0. The number of fused-ring (bicyclic) bond motifs is 2. The average Bonchev–Trinajstić information content (AvgIpc) is 3.07. The van der Waals surface area contributed by atoms with Gasteiger partial charge in [-0.3, -0.25) is 14.9 Å². The van der Waals surface area contributed by atoms with Crippen LogP contribution in [0.4, 0.5) is 0 Å². The van der Waals surface area contributed by atoms with Crippen molar-refractivity contribution in [2.75, 3.05) is 0 Å². The van der Waals surface area contributed by atoms with Gasteiger partial charge in [-0.15, -0.1) is 0 Å². The predicted octanol–water partition coefficient (Wildman–Crippen LogP) is 4.65. The summed E-state index contributed by atoms with van der Waals surface area (Å²) in [6.45, 7) is 2.17. The molecule has 2 unspecified atom stereocenters. The van der Waals surface area contributed by atoms with E-state index in [1.807, 2.05) is 24.3 Å². The van der Waals surface area contributed by atoms with Gasteiger partial charge in [-0.05, 0) is 55.9 Å². The average molecular weight is 389 g/mol. The normalized spacial score (nSPS) is 28.4. The van der Waals surface area contributed by atoms with Gasteiger partial charge in [-0.1, -0.05) is 67.6 Å². The lowest BCUT2D eigenvalue weighted by Gasteiger charge is -2.53. The molecular weight excluding hydrogens is 370 g/mol. The summed E-state index contributed by atoms with van der Waals surface area (Å²) in [5.74, 6) is -1.06. The van der Waals surface area contributed by atoms with Gasteiger partial charge in [-0.25, -0.2) is 0 Å². The minimum atomic E-state index is -0.533. The third kappa shape index (κ3) is 1.73. The maximum Gasteiger partial charge on any atom is 0.231 e. The van der Waals surface area contributed by atoms with Crippen molar-refractivity contribution in [2.45, 2.75) is 18.3 Å². The van der Waals surface area contributed by atoms with Crippen molar-refractivity contribution in [1.82, 2.24) is 5.32 Å². The highest BCUT2D eigenvalue weighted by atomic mass is 16.2. The summed E-state index contributed by atoms with van der Waals surface area (Å²) < 4.78 is 0. The molecule has 0 aromatic heterocycles. The van der Waals surface area contributed by atoms with Gasteiger partial charge in [0.25, 0.3) is 0 Å². The Labute approximate surface area is 173 Å².